The summed E-state index contributed by atoms with van der Waals surface area (Å²) in [7, 11) is 1.70. The number of allylic oxidation sites excluding steroid dienone is 1. The quantitative estimate of drug-likeness (QED) is 0.277. The van der Waals surface area contributed by atoms with Gasteiger partial charge in [-0.1, -0.05) is 39.2 Å². The smallest absolute Gasteiger partial charge is 0.224 e. The normalized spacial score (nSPS) is 15.5. The number of aryl methyl sites for hydroxylation is 1. The van der Waals surface area contributed by atoms with E-state index in [9.17, 15) is 4.79 Å². The van der Waals surface area contributed by atoms with Gasteiger partial charge in [0.1, 0.15) is 0 Å². The van der Waals surface area contributed by atoms with Crippen molar-refractivity contribution in [1.29, 1.82) is 0 Å². The molecule has 172 valence electrons. The van der Waals surface area contributed by atoms with Gasteiger partial charge in [-0.3, -0.25) is 4.79 Å². The molecule has 0 fully saturated rings. The fourth-order valence-corrected chi connectivity index (χ4v) is 3.64. The zero-order chi connectivity index (χ0) is 22.5. The number of tetrazole rings is 1. The van der Waals surface area contributed by atoms with E-state index in [2.05, 4.69) is 34.3 Å². The molecular weight excluding hydrogens is 380 g/mol. The summed E-state index contributed by atoms with van der Waals surface area (Å²) in [5.41, 5.74) is 4.69. The van der Waals surface area contributed by atoms with Crippen LogP contribution >= 0.6 is 0 Å². The second-order valence-corrected chi connectivity index (χ2v) is 8.42. The molecule has 0 spiro atoms. The van der Waals surface area contributed by atoms with Gasteiger partial charge in [0, 0.05) is 26.8 Å². The number of hydrogen-bond donors (Lipinski definition) is 2. The largest absolute Gasteiger partial charge is 0.385 e. The summed E-state index contributed by atoms with van der Waals surface area (Å²) in [6.45, 7) is 11.8. The first-order valence-electron chi connectivity index (χ1n) is 11.3. The van der Waals surface area contributed by atoms with Gasteiger partial charge in [-0.2, -0.15) is 0 Å². The Labute approximate surface area is 182 Å². The van der Waals surface area contributed by atoms with Crippen molar-refractivity contribution in [2.24, 2.45) is 11.1 Å². The molecule has 0 aromatic carbocycles. The maximum atomic E-state index is 12.1. The number of carbonyl (C=O) groups excluding carboxylic acids is 1. The second kappa shape index (κ2) is 13.5. The van der Waals surface area contributed by atoms with Crippen LogP contribution in [-0.4, -0.2) is 46.4 Å². The van der Waals surface area contributed by atoms with Crippen molar-refractivity contribution >= 4 is 5.91 Å². The highest BCUT2D eigenvalue weighted by Crippen LogP contribution is 2.33. The van der Waals surface area contributed by atoms with Crippen molar-refractivity contribution in [2.45, 2.75) is 90.6 Å². The Balaban J connectivity index is 3.26. The highest BCUT2D eigenvalue weighted by atomic mass is 16.5. The molecule has 0 saturated heterocycles. The van der Waals surface area contributed by atoms with E-state index in [-0.39, 0.29) is 5.91 Å². The molecule has 1 rings (SSSR count). The Morgan fingerprint density at radius 1 is 1.27 bits per heavy atom. The number of unbranched alkanes of at least 4 members (excludes halogenated alkanes) is 3. The van der Waals surface area contributed by atoms with Crippen molar-refractivity contribution in [3.63, 3.8) is 0 Å². The summed E-state index contributed by atoms with van der Waals surface area (Å²) >= 11 is 0. The minimum absolute atomic E-state index is 0.286. The zero-order valence-corrected chi connectivity index (χ0v) is 19.5. The Bertz CT molecular complexity index is 635. The molecule has 2 unspecified atom stereocenters. The lowest BCUT2D eigenvalue weighted by Crippen LogP contribution is -2.52. The average molecular weight is 423 g/mol. The minimum atomic E-state index is -0.622. The van der Waals surface area contributed by atoms with E-state index in [1.54, 1.807) is 7.11 Å². The van der Waals surface area contributed by atoms with Gasteiger partial charge < -0.3 is 15.8 Å². The molecule has 0 aliphatic carbocycles. The van der Waals surface area contributed by atoms with Crippen LogP contribution in [0.15, 0.2) is 12.7 Å². The molecule has 0 bridgehead atoms. The van der Waals surface area contributed by atoms with Gasteiger partial charge in [0.15, 0.2) is 5.82 Å². The molecule has 2 atom stereocenters. The van der Waals surface area contributed by atoms with E-state index in [1.807, 2.05) is 24.6 Å². The second-order valence-electron chi connectivity index (χ2n) is 8.42. The molecule has 0 aliphatic heterocycles. The first-order valence-corrected chi connectivity index (χ1v) is 11.3. The standard InChI is InChI=1S/C22H42N6O2/c1-6-9-11-14-22(15-12-10-7-2,24-18-21(4,8-3)19(23)29)20-25-26-27-28(20)16-13-17-30-5/h6,24H,1,7-18H2,2-5H3,(H2,23,29). The first kappa shape index (κ1) is 26.2. The Kier molecular flexibility index (Phi) is 11.8. The van der Waals surface area contributed by atoms with Crippen molar-refractivity contribution in [1.82, 2.24) is 25.5 Å². The van der Waals surface area contributed by atoms with Crippen LogP contribution in [0.5, 0.6) is 0 Å². The number of primary amides is 1. The van der Waals surface area contributed by atoms with Crippen LogP contribution in [0.1, 0.15) is 84.4 Å². The van der Waals surface area contributed by atoms with Crippen LogP contribution in [-0.2, 0) is 21.6 Å². The topological polar surface area (TPSA) is 108 Å². The van der Waals surface area contributed by atoms with Crippen LogP contribution in [0.3, 0.4) is 0 Å². The minimum Gasteiger partial charge on any atom is -0.385 e. The van der Waals surface area contributed by atoms with Gasteiger partial charge in [-0.15, -0.1) is 11.7 Å². The van der Waals surface area contributed by atoms with Crippen LogP contribution in [0, 0.1) is 5.41 Å². The van der Waals surface area contributed by atoms with Crippen LogP contribution in [0.4, 0.5) is 0 Å². The number of ether oxygens (including phenoxy) is 1. The molecule has 8 nitrogen and oxygen atoms in total. The third kappa shape index (κ3) is 7.47. The van der Waals surface area contributed by atoms with E-state index in [0.717, 1.165) is 57.2 Å². The van der Waals surface area contributed by atoms with E-state index in [4.69, 9.17) is 10.5 Å². The predicted molar refractivity (Wildman–Crippen MR) is 120 cm³/mol. The third-order valence-corrected chi connectivity index (χ3v) is 6.09. The highest BCUT2D eigenvalue weighted by Gasteiger charge is 2.39. The number of rotatable bonds is 18. The van der Waals surface area contributed by atoms with Crippen molar-refractivity contribution in [3.8, 4) is 0 Å². The number of amides is 1. The summed E-state index contributed by atoms with van der Waals surface area (Å²) in [5, 5.41) is 16.4. The van der Waals surface area contributed by atoms with Gasteiger partial charge in [0.2, 0.25) is 5.91 Å². The third-order valence-electron chi connectivity index (χ3n) is 6.09. The number of nitrogens with zero attached hydrogens (tertiary/aromatic N) is 4. The molecular formula is C22H42N6O2. The molecule has 0 radical (unpaired) electrons. The van der Waals surface area contributed by atoms with Crippen molar-refractivity contribution < 1.29 is 9.53 Å². The summed E-state index contributed by atoms with van der Waals surface area (Å²) in [6.07, 6.45) is 10.4. The number of carbonyl (C=O) groups is 1. The number of hydrogen-bond acceptors (Lipinski definition) is 6. The summed E-state index contributed by atoms with van der Waals surface area (Å²) in [6, 6.07) is 0. The zero-order valence-electron chi connectivity index (χ0n) is 19.5. The van der Waals surface area contributed by atoms with Crippen LogP contribution < -0.4 is 11.1 Å². The monoisotopic (exact) mass is 422 g/mol. The lowest BCUT2D eigenvalue weighted by molar-refractivity contribution is -0.127. The van der Waals surface area contributed by atoms with Gasteiger partial charge in [-0.05, 0) is 55.9 Å². The molecule has 8 heteroatoms. The van der Waals surface area contributed by atoms with Gasteiger partial charge in [-0.25, -0.2) is 4.68 Å². The lowest BCUT2D eigenvalue weighted by atomic mass is 9.81. The molecule has 30 heavy (non-hydrogen) atoms. The van der Waals surface area contributed by atoms with Gasteiger partial charge in [0.05, 0.1) is 11.0 Å². The van der Waals surface area contributed by atoms with E-state index in [1.165, 1.54) is 0 Å². The summed E-state index contributed by atoms with van der Waals surface area (Å²) in [5.74, 6) is 0.549. The molecule has 1 heterocycles. The fourth-order valence-electron chi connectivity index (χ4n) is 3.64. The number of aromatic nitrogens is 4. The van der Waals surface area contributed by atoms with Crippen molar-refractivity contribution in [3.05, 3.63) is 18.5 Å². The lowest BCUT2D eigenvalue weighted by Gasteiger charge is -2.37. The Morgan fingerprint density at radius 3 is 2.60 bits per heavy atom. The fraction of sp³-hybridized carbons (Fsp3) is 0.818. The SMILES string of the molecule is C=CCCCC(CCCCC)(NCC(C)(CC)C(N)=O)c1nnnn1CCCOC. The average Bonchev–Trinajstić information content (AvgIpc) is 3.21. The predicted octanol–water partition coefficient (Wildman–Crippen LogP) is 3.33. The summed E-state index contributed by atoms with van der Waals surface area (Å²) < 4.78 is 7.09. The Morgan fingerprint density at radius 2 is 2.00 bits per heavy atom. The van der Waals surface area contributed by atoms with Gasteiger partial charge in [0.25, 0.3) is 0 Å². The Hall–Kier alpha value is -1.80. The summed E-state index contributed by atoms with van der Waals surface area (Å²) in [4.78, 5) is 12.1. The molecule has 0 aliphatic rings. The maximum absolute atomic E-state index is 12.1. The van der Waals surface area contributed by atoms with E-state index < -0.39 is 11.0 Å². The molecule has 1 aromatic rings. The van der Waals surface area contributed by atoms with E-state index >= 15 is 0 Å². The highest BCUT2D eigenvalue weighted by molar-refractivity contribution is 5.80. The number of nitrogens with one attached hydrogen (secondary N) is 1. The molecule has 1 aromatic heterocycles. The van der Waals surface area contributed by atoms with Crippen LogP contribution in [0.2, 0.25) is 0 Å². The van der Waals surface area contributed by atoms with Gasteiger partial charge >= 0.3 is 0 Å². The van der Waals surface area contributed by atoms with Crippen molar-refractivity contribution in [2.75, 3.05) is 20.3 Å². The molecule has 1 amide bonds. The molecule has 3 N–H and O–H groups in total. The first-order chi connectivity index (χ1) is 14.4. The van der Waals surface area contributed by atoms with Crippen LogP contribution in [0.25, 0.3) is 0 Å². The molecule has 0 saturated carbocycles. The van der Waals surface area contributed by atoms with E-state index in [0.29, 0.717) is 26.1 Å². The number of nitrogens with two attached hydrogens (primary N) is 1. The maximum Gasteiger partial charge on any atom is 0.224 e. The number of methoxy groups -OCH3 is 1.